The summed E-state index contributed by atoms with van der Waals surface area (Å²) in [7, 11) is 1.69. The van der Waals surface area contributed by atoms with Gasteiger partial charge in [0.15, 0.2) is 0 Å². The van der Waals surface area contributed by atoms with Crippen molar-refractivity contribution in [1.82, 2.24) is 4.90 Å². The summed E-state index contributed by atoms with van der Waals surface area (Å²) in [5, 5.41) is 0. The first-order chi connectivity index (χ1) is 11.9. The number of likely N-dealkylation sites (tertiary alicyclic amines) is 1. The molecule has 0 aromatic heterocycles. The van der Waals surface area contributed by atoms with Gasteiger partial charge in [-0.1, -0.05) is 18.2 Å². The Morgan fingerprint density at radius 2 is 1.84 bits per heavy atom. The van der Waals surface area contributed by atoms with Gasteiger partial charge in [0.05, 0.1) is 12.7 Å². The first-order valence-electron chi connectivity index (χ1n) is 8.98. The van der Waals surface area contributed by atoms with Crippen LogP contribution < -0.4 is 4.74 Å². The second-order valence-corrected chi connectivity index (χ2v) is 7.70. The van der Waals surface area contributed by atoms with Gasteiger partial charge in [-0.05, 0) is 39.2 Å². The lowest BCUT2D eigenvalue weighted by atomic mass is 9.67. The minimum atomic E-state index is -0.252. The summed E-state index contributed by atoms with van der Waals surface area (Å²) >= 11 is 0. The molecule has 2 fully saturated rings. The zero-order valence-electron chi connectivity index (χ0n) is 15.3. The molecule has 1 atom stereocenters. The molecule has 5 heteroatoms. The SMILES string of the molecule is COc1ccccc1[C@@]1(CCN2C(=O)CCC2=O)CCOC(C)(C)C1. The Kier molecular flexibility index (Phi) is 4.87. The Bertz CT molecular complexity index is 653. The predicted molar refractivity (Wildman–Crippen MR) is 94.5 cm³/mol. The van der Waals surface area contributed by atoms with Crippen molar-refractivity contribution >= 4 is 11.8 Å². The fraction of sp³-hybridized carbons (Fsp3) is 0.600. The highest BCUT2D eigenvalue weighted by Crippen LogP contribution is 2.47. The molecule has 0 unspecified atom stereocenters. The zero-order valence-corrected chi connectivity index (χ0v) is 15.3. The van der Waals surface area contributed by atoms with Crippen LogP contribution in [0.1, 0.15) is 51.5 Å². The normalized spacial score (nSPS) is 26.1. The van der Waals surface area contributed by atoms with E-state index >= 15 is 0 Å². The summed E-state index contributed by atoms with van der Waals surface area (Å²) in [5.74, 6) is 0.761. The van der Waals surface area contributed by atoms with E-state index < -0.39 is 0 Å². The van der Waals surface area contributed by atoms with Crippen molar-refractivity contribution in [3.05, 3.63) is 29.8 Å². The van der Waals surface area contributed by atoms with Crippen LogP contribution in [0.3, 0.4) is 0 Å². The average molecular weight is 345 g/mol. The van der Waals surface area contributed by atoms with Crippen LogP contribution >= 0.6 is 0 Å². The van der Waals surface area contributed by atoms with Crippen molar-refractivity contribution in [1.29, 1.82) is 0 Å². The van der Waals surface area contributed by atoms with Gasteiger partial charge >= 0.3 is 0 Å². The summed E-state index contributed by atoms with van der Waals surface area (Å²) in [6, 6.07) is 8.07. The van der Waals surface area contributed by atoms with Gasteiger partial charge in [-0.15, -0.1) is 0 Å². The lowest BCUT2D eigenvalue weighted by molar-refractivity contribution is -0.139. The monoisotopic (exact) mass is 345 g/mol. The molecule has 2 aliphatic rings. The zero-order chi connectivity index (χ0) is 18.1. The Morgan fingerprint density at radius 1 is 1.16 bits per heavy atom. The highest BCUT2D eigenvalue weighted by Gasteiger charge is 2.44. The molecule has 0 aliphatic carbocycles. The standard InChI is InChI=1S/C20H27NO4/c1-19(2)14-20(11-13-25-19,15-6-4-5-7-16(15)24-3)10-12-21-17(22)8-9-18(21)23/h4-7H,8-14H2,1-3H3/t20-/m0/s1. The number of hydrogen-bond acceptors (Lipinski definition) is 4. The number of para-hydroxylation sites is 1. The molecule has 0 saturated carbocycles. The second-order valence-electron chi connectivity index (χ2n) is 7.70. The van der Waals surface area contributed by atoms with Gasteiger partial charge in [-0.25, -0.2) is 0 Å². The first-order valence-corrected chi connectivity index (χ1v) is 8.98. The largest absolute Gasteiger partial charge is 0.496 e. The number of rotatable bonds is 5. The number of ether oxygens (including phenoxy) is 2. The van der Waals surface area contributed by atoms with Crippen molar-refractivity contribution < 1.29 is 19.1 Å². The van der Waals surface area contributed by atoms with Crippen LogP contribution in [0, 0.1) is 0 Å². The molecule has 1 aromatic carbocycles. The van der Waals surface area contributed by atoms with E-state index in [0.717, 1.165) is 30.6 Å². The molecule has 2 heterocycles. The van der Waals surface area contributed by atoms with Crippen LogP contribution in [-0.2, 0) is 19.7 Å². The van der Waals surface area contributed by atoms with Crippen molar-refractivity contribution in [2.45, 2.75) is 57.0 Å². The van der Waals surface area contributed by atoms with Gasteiger partial charge in [-0.3, -0.25) is 14.5 Å². The van der Waals surface area contributed by atoms with E-state index in [1.807, 2.05) is 18.2 Å². The van der Waals surface area contributed by atoms with E-state index in [4.69, 9.17) is 9.47 Å². The van der Waals surface area contributed by atoms with Gasteiger partial charge in [0.25, 0.3) is 0 Å². The predicted octanol–water partition coefficient (Wildman–Crippen LogP) is 3.06. The smallest absolute Gasteiger partial charge is 0.229 e. The lowest BCUT2D eigenvalue weighted by Crippen LogP contribution is -2.46. The van der Waals surface area contributed by atoms with Crippen LogP contribution in [0.4, 0.5) is 0 Å². The molecular formula is C20H27NO4. The van der Waals surface area contributed by atoms with Gasteiger partial charge in [-0.2, -0.15) is 0 Å². The second kappa shape index (κ2) is 6.79. The van der Waals surface area contributed by atoms with Crippen molar-refractivity contribution in [3.8, 4) is 5.75 Å². The van der Waals surface area contributed by atoms with E-state index in [2.05, 4.69) is 19.9 Å². The van der Waals surface area contributed by atoms with Crippen molar-refractivity contribution in [2.24, 2.45) is 0 Å². The fourth-order valence-corrected chi connectivity index (χ4v) is 4.34. The molecule has 0 bridgehead atoms. The molecule has 1 aromatic rings. The number of benzene rings is 1. The summed E-state index contributed by atoms with van der Waals surface area (Å²) in [6.45, 7) is 5.32. The van der Waals surface area contributed by atoms with Crippen LogP contribution in [-0.4, -0.2) is 42.6 Å². The molecule has 136 valence electrons. The van der Waals surface area contributed by atoms with Crippen LogP contribution in [0.2, 0.25) is 0 Å². The molecule has 0 N–H and O–H groups in total. The molecule has 2 saturated heterocycles. The molecule has 5 nitrogen and oxygen atoms in total. The molecule has 0 spiro atoms. The minimum absolute atomic E-state index is 0.0495. The molecule has 25 heavy (non-hydrogen) atoms. The molecule has 2 amide bonds. The van der Waals surface area contributed by atoms with Crippen LogP contribution in [0.15, 0.2) is 24.3 Å². The van der Waals surface area contributed by atoms with Crippen molar-refractivity contribution in [2.75, 3.05) is 20.3 Å². The molecular weight excluding hydrogens is 318 g/mol. The highest BCUT2D eigenvalue weighted by atomic mass is 16.5. The minimum Gasteiger partial charge on any atom is -0.496 e. The summed E-state index contributed by atoms with van der Waals surface area (Å²) in [5.41, 5.74) is 0.725. The van der Waals surface area contributed by atoms with Gasteiger partial charge in [0.1, 0.15) is 5.75 Å². The number of carbonyl (C=O) groups is 2. The average Bonchev–Trinajstić information content (AvgIpc) is 2.90. The maximum Gasteiger partial charge on any atom is 0.229 e. The van der Waals surface area contributed by atoms with E-state index in [1.54, 1.807) is 7.11 Å². The third-order valence-electron chi connectivity index (χ3n) is 5.48. The summed E-state index contributed by atoms with van der Waals surface area (Å²) in [4.78, 5) is 25.4. The van der Waals surface area contributed by atoms with Gasteiger partial charge in [0, 0.05) is 37.0 Å². The Labute approximate surface area is 149 Å². The number of methoxy groups -OCH3 is 1. The summed E-state index contributed by atoms with van der Waals surface area (Å²) < 4.78 is 11.6. The highest BCUT2D eigenvalue weighted by molar-refractivity contribution is 6.01. The topological polar surface area (TPSA) is 55.8 Å². The Morgan fingerprint density at radius 3 is 2.48 bits per heavy atom. The number of nitrogens with zero attached hydrogens (tertiary/aromatic N) is 1. The third-order valence-corrected chi connectivity index (χ3v) is 5.48. The maximum absolute atomic E-state index is 12.0. The first kappa shape index (κ1) is 17.9. The number of carbonyl (C=O) groups excluding carboxylic acids is 2. The summed E-state index contributed by atoms with van der Waals surface area (Å²) in [6.07, 6.45) is 3.10. The van der Waals surface area contributed by atoms with Gasteiger partial charge < -0.3 is 9.47 Å². The number of hydrogen-bond donors (Lipinski definition) is 0. The van der Waals surface area contributed by atoms with Crippen LogP contribution in [0.25, 0.3) is 0 Å². The maximum atomic E-state index is 12.0. The Balaban J connectivity index is 1.92. The van der Waals surface area contributed by atoms with Crippen molar-refractivity contribution in [3.63, 3.8) is 0 Å². The van der Waals surface area contributed by atoms with E-state index in [1.165, 1.54) is 4.90 Å². The molecule has 2 aliphatic heterocycles. The quantitative estimate of drug-likeness (QED) is 0.770. The molecule has 0 radical (unpaired) electrons. The lowest BCUT2D eigenvalue weighted by Gasteiger charge is -2.46. The number of amides is 2. The van der Waals surface area contributed by atoms with E-state index in [-0.39, 0.29) is 22.8 Å². The van der Waals surface area contributed by atoms with E-state index in [9.17, 15) is 9.59 Å². The third kappa shape index (κ3) is 3.56. The van der Waals surface area contributed by atoms with Crippen LogP contribution in [0.5, 0.6) is 5.75 Å². The molecule has 3 rings (SSSR count). The fourth-order valence-electron chi connectivity index (χ4n) is 4.34. The van der Waals surface area contributed by atoms with E-state index in [0.29, 0.717) is 26.0 Å². The Hall–Kier alpha value is -1.88. The number of imide groups is 1. The van der Waals surface area contributed by atoms with Gasteiger partial charge in [0.2, 0.25) is 11.8 Å².